The number of benzene rings is 1. The van der Waals surface area contributed by atoms with Crippen molar-refractivity contribution in [1.29, 1.82) is 0 Å². The van der Waals surface area contributed by atoms with E-state index in [9.17, 15) is 5.11 Å². The van der Waals surface area contributed by atoms with Crippen molar-refractivity contribution in [3.8, 4) is 0 Å². The topological polar surface area (TPSA) is 20.2 Å². The molecule has 0 fully saturated rings. The molecule has 2 rings (SSSR count). The highest BCUT2D eigenvalue weighted by Gasteiger charge is 2.30. The summed E-state index contributed by atoms with van der Waals surface area (Å²) in [5, 5.41) is 9.73. The van der Waals surface area contributed by atoms with Gasteiger partial charge in [0, 0.05) is 5.41 Å². The van der Waals surface area contributed by atoms with Gasteiger partial charge in [-0.05, 0) is 31.4 Å². The fraction of sp³-hybridized carbons (Fsp3) is 0.333. The molecule has 16 heavy (non-hydrogen) atoms. The fourth-order valence-electron chi connectivity index (χ4n) is 2.30. The van der Waals surface area contributed by atoms with Gasteiger partial charge in [-0.25, -0.2) is 0 Å². The summed E-state index contributed by atoms with van der Waals surface area (Å²) in [5.41, 5.74) is 3.54. The zero-order chi connectivity index (χ0) is 11.6. The molecule has 0 saturated heterocycles. The monoisotopic (exact) mass is 214 g/mol. The Kier molecular flexibility index (Phi) is 2.97. The molecule has 1 aromatic carbocycles. The van der Waals surface area contributed by atoms with Crippen LogP contribution < -0.4 is 0 Å². The maximum atomic E-state index is 9.73. The molecule has 0 aliphatic heterocycles. The lowest BCUT2D eigenvalue weighted by molar-refractivity contribution is 0.224. The molecule has 1 heteroatoms. The number of aliphatic hydroxyl groups is 1. The van der Waals surface area contributed by atoms with Gasteiger partial charge >= 0.3 is 0 Å². The number of aliphatic hydroxyl groups excluding tert-OH is 1. The van der Waals surface area contributed by atoms with E-state index in [1.165, 1.54) is 16.7 Å². The minimum atomic E-state index is -0.217. The number of hydrogen-bond acceptors (Lipinski definition) is 1. The first-order valence-electron chi connectivity index (χ1n) is 5.71. The highest BCUT2D eigenvalue weighted by Crippen LogP contribution is 2.35. The normalized spacial score (nSPS) is 24.3. The molecule has 1 atom stereocenters. The Balaban J connectivity index is 2.45. The second-order valence-corrected chi connectivity index (χ2v) is 4.61. The lowest BCUT2D eigenvalue weighted by atomic mass is 9.73. The molecule has 1 aliphatic rings. The summed E-state index contributed by atoms with van der Waals surface area (Å²) in [6, 6.07) is 8.30. The van der Waals surface area contributed by atoms with E-state index in [4.69, 9.17) is 0 Å². The quantitative estimate of drug-likeness (QED) is 0.802. The average Bonchev–Trinajstić information content (AvgIpc) is 2.32. The molecule has 84 valence electrons. The molecule has 0 spiro atoms. The van der Waals surface area contributed by atoms with E-state index in [-0.39, 0.29) is 12.0 Å². The fourth-order valence-corrected chi connectivity index (χ4v) is 2.30. The van der Waals surface area contributed by atoms with Crippen LogP contribution in [0.25, 0.3) is 0 Å². The Morgan fingerprint density at radius 1 is 1.25 bits per heavy atom. The lowest BCUT2D eigenvalue weighted by Gasteiger charge is -2.32. The first-order valence-corrected chi connectivity index (χ1v) is 5.71. The van der Waals surface area contributed by atoms with E-state index in [2.05, 4.69) is 44.2 Å². The Labute approximate surface area is 97.1 Å². The first-order chi connectivity index (χ1) is 7.68. The van der Waals surface area contributed by atoms with Gasteiger partial charge in [0.25, 0.3) is 0 Å². The number of allylic oxidation sites excluding steroid dienone is 3. The van der Waals surface area contributed by atoms with Crippen molar-refractivity contribution in [3.63, 3.8) is 0 Å². The van der Waals surface area contributed by atoms with E-state index < -0.39 is 0 Å². The molecular weight excluding hydrogens is 196 g/mol. The Morgan fingerprint density at radius 3 is 2.56 bits per heavy atom. The third kappa shape index (κ3) is 1.83. The highest BCUT2D eigenvalue weighted by molar-refractivity contribution is 5.42. The largest absolute Gasteiger partial charge is 0.395 e. The molecule has 1 aliphatic carbocycles. The van der Waals surface area contributed by atoms with Gasteiger partial charge in [-0.3, -0.25) is 0 Å². The van der Waals surface area contributed by atoms with Crippen molar-refractivity contribution in [2.75, 3.05) is 6.61 Å². The summed E-state index contributed by atoms with van der Waals surface area (Å²) in [7, 11) is 0. The van der Waals surface area contributed by atoms with Gasteiger partial charge in [0.2, 0.25) is 0 Å². The van der Waals surface area contributed by atoms with Crippen LogP contribution in [0, 0.1) is 6.92 Å². The lowest BCUT2D eigenvalue weighted by Crippen LogP contribution is -2.30. The zero-order valence-electron chi connectivity index (χ0n) is 9.90. The van der Waals surface area contributed by atoms with E-state index >= 15 is 0 Å². The molecule has 0 heterocycles. The van der Waals surface area contributed by atoms with E-state index in [1.54, 1.807) is 0 Å². The molecule has 1 aromatic rings. The van der Waals surface area contributed by atoms with Crippen molar-refractivity contribution in [3.05, 3.63) is 59.2 Å². The van der Waals surface area contributed by atoms with Crippen molar-refractivity contribution >= 4 is 0 Å². The van der Waals surface area contributed by atoms with Gasteiger partial charge in [0.15, 0.2) is 0 Å². The van der Waals surface area contributed by atoms with Crippen LogP contribution in [0.2, 0.25) is 0 Å². The highest BCUT2D eigenvalue weighted by atomic mass is 16.3. The van der Waals surface area contributed by atoms with Crippen LogP contribution in [0.15, 0.2) is 48.1 Å². The summed E-state index contributed by atoms with van der Waals surface area (Å²) in [4.78, 5) is 0. The van der Waals surface area contributed by atoms with Gasteiger partial charge in [-0.2, -0.15) is 0 Å². The Morgan fingerprint density at radius 2 is 2.00 bits per heavy atom. The van der Waals surface area contributed by atoms with Gasteiger partial charge in [0.05, 0.1) is 6.61 Å². The summed E-state index contributed by atoms with van der Waals surface area (Å²) in [5.74, 6) is 0. The van der Waals surface area contributed by atoms with Crippen LogP contribution >= 0.6 is 0 Å². The summed E-state index contributed by atoms with van der Waals surface area (Å²) < 4.78 is 0. The zero-order valence-corrected chi connectivity index (χ0v) is 9.90. The second kappa shape index (κ2) is 4.26. The number of rotatable bonds is 2. The molecule has 0 amide bonds. The molecule has 0 bridgehead atoms. The summed E-state index contributed by atoms with van der Waals surface area (Å²) in [6.45, 7) is 4.36. The van der Waals surface area contributed by atoms with Crippen LogP contribution in [0.4, 0.5) is 0 Å². The van der Waals surface area contributed by atoms with Crippen LogP contribution in [0.3, 0.4) is 0 Å². The van der Waals surface area contributed by atoms with Crippen molar-refractivity contribution in [2.45, 2.75) is 25.7 Å². The standard InChI is InChI=1S/C15H18O/c1-12-7-9-15(11-16,10-8-12)14-6-4-3-5-13(14)2/h3-9,16H,10-11H2,1-2H3. The average molecular weight is 214 g/mol. The van der Waals surface area contributed by atoms with Crippen LogP contribution in [-0.4, -0.2) is 11.7 Å². The third-order valence-electron chi connectivity index (χ3n) is 3.42. The SMILES string of the molecule is CC1=CCC(CO)(c2ccccc2C)C=C1. The predicted octanol–water partition coefficient (Wildman–Crippen LogP) is 3.13. The van der Waals surface area contributed by atoms with Crippen LogP contribution in [0.1, 0.15) is 24.5 Å². The smallest absolute Gasteiger partial charge is 0.0566 e. The van der Waals surface area contributed by atoms with E-state index in [1.807, 2.05) is 12.1 Å². The molecule has 1 N–H and O–H groups in total. The Hall–Kier alpha value is -1.34. The van der Waals surface area contributed by atoms with Crippen molar-refractivity contribution in [1.82, 2.24) is 0 Å². The van der Waals surface area contributed by atoms with Crippen LogP contribution in [-0.2, 0) is 5.41 Å². The molecule has 1 nitrogen and oxygen atoms in total. The van der Waals surface area contributed by atoms with Gasteiger partial charge < -0.3 is 5.11 Å². The summed E-state index contributed by atoms with van der Waals surface area (Å²) in [6.07, 6.45) is 7.33. The van der Waals surface area contributed by atoms with Crippen LogP contribution in [0.5, 0.6) is 0 Å². The number of hydrogen-bond donors (Lipinski definition) is 1. The van der Waals surface area contributed by atoms with E-state index in [0.29, 0.717) is 0 Å². The van der Waals surface area contributed by atoms with Crippen molar-refractivity contribution < 1.29 is 5.11 Å². The molecule has 1 unspecified atom stereocenters. The predicted molar refractivity (Wildman–Crippen MR) is 67.5 cm³/mol. The number of aryl methyl sites for hydroxylation is 1. The summed E-state index contributed by atoms with van der Waals surface area (Å²) >= 11 is 0. The Bertz CT molecular complexity index is 443. The van der Waals surface area contributed by atoms with Gasteiger partial charge in [0.1, 0.15) is 0 Å². The molecule has 0 saturated carbocycles. The molecule has 0 radical (unpaired) electrons. The molecule has 0 aromatic heterocycles. The van der Waals surface area contributed by atoms with Gasteiger partial charge in [-0.15, -0.1) is 0 Å². The van der Waals surface area contributed by atoms with Crippen molar-refractivity contribution in [2.24, 2.45) is 0 Å². The van der Waals surface area contributed by atoms with Gasteiger partial charge in [-0.1, -0.05) is 48.1 Å². The minimum absolute atomic E-state index is 0.165. The third-order valence-corrected chi connectivity index (χ3v) is 3.42. The first kappa shape index (κ1) is 11.2. The van der Waals surface area contributed by atoms with E-state index in [0.717, 1.165) is 6.42 Å². The maximum absolute atomic E-state index is 9.73. The second-order valence-electron chi connectivity index (χ2n) is 4.61. The maximum Gasteiger partial charge on any atom is 0.0566 e. The molecular formula is C15H18O. The minimum Gasteiger partial charge on any atom is -0.395 e.